The summed E-state index contributed by atoms with van der Waals surface area (Å²) in [5.41, 5.74) is 2.83. The quantitative estimate of drug-likeness (QED) is 0.458. The van der Waals surface area contributed by atoms with E-state index in [-0.39, 0.29) is 17.9 Å². The average molecular weight is 464 g/mol. The number of anilines is 4. The summed E-state index contributed by atoms with van der Waals surface area (Å²) in [5.74, 6) is 0.739. The van der Waals surface area contributed by atoms with Gasteiger partial charge in [0.1, 0.15) is 10.7 Å². The molecule has 0 bridgehead atoms. The van der Waals surface area contributed by atoms with Crippen LogP contribution in [0.3, 0.4) is 0 Å². The van der Waals surface area contributed by atoms with Gasteiger partial charge in [0.15, 0.2) is 5.13 Å². The van der Waals surface area contributed by atoms with Crippen LogP contribution in [0.5, 0.6) is 0 Å². The molecule has 0 unspecified atom stereocenters. The number of hydrogen-bond acceptors (Lipinski definition) is 8. The van der Waals surface area contributed by atoms with Gasteiger partial charge in [-0.3, -0.25) is 9.59 Å². The Bertz CT molecular complexity index is 1170. The van der Waals surface area contributed by atoms with Gasteiger partial charge in [-0.15, -0.1) is 0 Å². The second-order valence-corrected chi connectivity index (χ2v) is 8.79. The third-order valence-electron chi connectivity index (χ3n) is 5.35. The molecule has 2 amide bonds. The van der Waals surface area contributed by atoms with Crippen molar-refractivity contribution >= 4 is 45.7 Å². The maximum atomic E-state index is 12.7. The summed E-state index contributed by atoms with van der Waals surface area (Å²) in [6.07, 6.45) is 5.32. The van der Waals surface area contributed by atoms with E-state index in [0.29, 0.717) is 34.9 Å². The zero-order chi connectivity index (χ0) is 23.4. The predicted molar refractivity (Wildman–Crippen MR) is 130 cm³/mol. The number of thiazole rings is 1. The standard InChI is InChI=1S/C23H25N7O2S/c1-4-19(31)30-11-9-16(13-30)26-22-24-10-8-18(27-22)28-23-25-12-17(33-23)21(32)29-20-14(2)6-5-7-15(20)3/h4-8,10,12,16H,1,9,11,13H2,2-3H3,(H,29,32)(H2,24,25,26,27,28)/t16-/m1/s1. The zero-order valence-corrected chi connectivity index (χ0v) is 19.3. The molecule has 1 fully saturated rings. The summed E-state index contributed by atoms with van der Waals surface area (Å²) < 4.78 is 0. The Labute approximate surface area is 196 Å². The molecule has 4 rings (SSSR count). The second kappa shape index (κ2) is 9.78. The number of para-hydroxylation sites is 1. The summed E-state index contributed by atoms with van der Waals surface area (Å²) in [7, 11) is 0. The van der Waals surface area contributed by atoms with Crippen molar-refractivity contribution in [2.75, 3.05) is 29.0 Å². The van der Waals surface area contributed by atoms with Crippen LogP contribution in [0.15, 0.2) is 49.3 Å². The predicted octanol–water partition coefficient (Wildman–Crippen LogP) is 3.74. The van der Waals surface area contributed by atoms with Gasteiger partial charge in [-0.1, -0.05) is 36.1 Å². The lowest BCUT2D eigenvalue weighted by molar-refractivity contribution is -0.125. The van der Waals surface area contributed by atoms with Crippen LogP contribution < -0.4 is 16.0 Å². The van der Waals surface area contributed by atoms with Crippen molar-refractivity contribution in [2.24, 2.45) is 0 Å². The molecule has 2 aromatic heterocycles. The van der Waals surface area contributed by atoms with Crippen LogP contribution in [0.1, 0.15) is 27.2 Å². The lowest BCUT2D eigenvalue weighted by Crippen LogP contribution is -2.30. The molecule has 0 saturated carbocycles. The Morgan fingerprint density at radius 2 is 2.00 bits per heavy atom. The molecular formula is C23H25N7O2S. The smallest absolute Gasteiger partial charge is 0.267 e. The second-order valence-electron chi connectivity index (χ2n) is 7.76. The number of nitrogens with zero attached hydrogens (tertiary/aromatic N) is 4. The summed E-state index contributed by atoms with van der Waals surface area (Å²) >= 11 is 1.24. The maximum Gasteiger partial charge on any atom is 0.267 e. The van der Waals surface area contributed by atoms with Crippen molar-refractivity contribution in [3.63, 3.8) is 0 Å². The van der Waals surface area contributed by atoms with Gasteiger partial charge in [-0.05, 0) is 43.5 Å². The number of aromatic nitrogens is 3. The van der Waals surface area contributed by atoms with E-state index in [0.717, 1.165) is 23.2 Å². The maximum absolute atomic E-state index is 12.7. The van der Waals surface area contributed by atoms with E-state index in [4.69, 9.17) is 0 Å². The molecule has 9 nitrogen and oxygen atoms in total. The molecule has 170 valence electrons. The van der Waals surface area contributed by atoms with E-state index in [9.17, 15) is 9.59 Å². The summed E-state index contributed by atoms with van der Waals surface area (Å²) in [4.78, 5) is 39.7. The van der Waals surface area contributed by atoms with Crippen LogP contribution in [0.4, 0.5) is 22.6 Å². The summed E-state index contributed by atoms with van der Waals surface area (Å²) in [6, 6.07) is 7.69. The third-order valence-corrected chi connectivity index (χ3v) is 6.26. The van der Waals surface area contributed by atoms with Crippen molar-refractivity contribution in [3.05, 3.63) is 65.3 Å². The lowest BCUT2D eigenvalue weighted by Gasteiger charge is -2.15. The molecule has 33 heavy (non-hydrogen) atoms. The highest BCUT2D eigenvalue weighted by Crippen LogP contribution is 2.25. The third kappa shape index (κ3) is 5.35. The average Bonchev–Trinajstić information content (AvgIpc) is 3.46. The highest BCUT2D eigenvalue weighted by atomic mass is 32.1. The van der Waals surface area contributed by atoms with Crippen LogP contribution in [0.2, 0.25) is 0 Å². The van der Waals surface area contributed by atoms with E-state index < -0.39 is 0 Å². The van der Waals surface area contributed by atoms with Crippen LogP contribution >= 0.6 is 11.3 Å². The Hall–Kier alpha value is -3.79. The number of amides is 2. The van der Waals surface area contributed by atoms with E-state index in [1.54, 1.807) is 23.4 Å². The van der Waals surface area contributed by atoms with Gasteiger partial charge in [0.2, 0.25) is 11.9 Å². The number of rotatable bonds is 7. The molecule has 3 N–H and O–H groups in total. The fourth-order valence-corrected chi connectivity index (χ4v) is 4.34. The van der Waals surface area contributed by atoms with Crippen LogP contribution in [0, 0.1) is 13.8 Å². The van der Waals surface area contributed by atoms with Crippen LogP contribution in [0.25, 0.3) is 0 Å². The topological polar surface area (TPSA) is 112 Å². The minimum absolute atomic E-state index is 0.0724. The first kappa shape index (κ1) is 22.4. The van der Waals surface area contributed by atoms with Crippen molar-refractivity contribution in [3.8, 4) is 0 Å². The fourth-order valence-electron chi connectivity index (χ4n) is 3.62. The fraction of sp³-hybridized carbons (Fsp3) is 0.261. The van der Waals surface area contributed by atoms with Crippen molar-refractivity contribution in [2.45, 2.75) is 26.3 Å². The number of carbonyl (C=O) groups excluding carboxylic acids is 2. The van der Waals surface area contributed by atoms with Gasteiger partial charge in [0, 0.05) is 31.0 Å². The molecule has 1 saturated heterocycles. The van der Waals surface area contributed by atoms with E-state index in [1.165, 1.54) is 17.4 Å². The normalized spacial score (nSPS) is 15.2. The van der Waals surface area contributed by atoms with E-state index in [1.807, 2.05) is 32.0 Å². The zero-order valence-electron chi connectivity index (χ0n) is 18.5. The lowest BCUT2D eigenvalue weighted by atomic mass is 10.1. The van der Waals surface area contributed by atoms with Gasteiger partial charge in [0.05, 0.1) is 6.20 Å². The number of likely N-dealkylation sites (tertiary alicyclic amines) is 1. The molecule has 1 aliphatic heterocycles. The highest BCUT2D eigenvalue weighted by molar-refractivity contribution is 7.17. The van der Waals surface area contributed by atoms with Gasteiger partial charge in [-0.2, -0.15) is 4.98 Å². The number of hydrogen-bond donors (Lipinski definition) is 3. The molecule has 10 heteroatoms. The molecule has 1 aliphatic rings. The van der Waals surface area contributed by atoms with E-state index in [2.05, 4.69) is 37.5 Å². The SMILES string of the molecule is C=CC(=O)N1CC[C@@H](Nc2nccc(Nc3ncc(C(=O)Nc4c(C)cccc4C)s3)n2)C1. The molecule has 0 aliphatic carbocycles. The molecule has 0 radical (unpaired) electrons. The van der Waals surface area contributed by atoms with Crippen LogP contribution in [-0.4, -0.2) is 50.8 Å². The van der Waals surface area contributed by atoms with Gasteiger partial charge >= 0.3 is 0 Å². The molecular weight excluding hydrogens is 438 g/mol. The minimum atomic E-state index is -0.206. The summed E-state index contributed by atoms with van der Waals surface area (Å²) in [5, 5.41) is 9.91. The van der Waals surface area contributed by atoms with E-state index >= 15 is 0 Å². The minimum Gasteiger partial charge on any atom is -0.350 e. The Morgan fingerprint density at radius 3 is 2.76 bits per heavy atom. The molecule has 1 atom stereocenters. The van der Waals surface area contributed by atoms with Crippen molar-refractivity contribution < 1.29 is 9.59 Å². The molecule has 1 aromatic carbocycles. The largest absolute Gasteiger partial charge is 0.350 e. The highest BCUT2D eigenvalue weighted by Gasteiger charge is 2.25. The van der Waals surface area contributed by atoms with Crippen molar-refractivity contribution in [1.82, 2.24) is 19.9 Å². The number of benzene rings is 1. The summed E-state index contributed by atoms with van der Waals surface area (Å²) in [6.45, 7) is 8.71. The monoisotopic (exact) mass is 463 g/mol. The first-order valence-electron chi connectivity index (χ1n) is 10.5. The number of nitrogens with one attached hydrogen (secondary N) is 3. The first-order valence-corrected chi connectivity index (χ1v) is 11.4. The molecule has 3 aromatic rings. The van der Waals surface area contributed by atoms with Gasteiger partial charge in [-0.25, -0.2) is 9.97 Å². The number of aryl methyl sites for hydroxylation is 2. The Morgan fingerprint density at radius 1 is 1.21 bits per heavy atom. The van der Waals surface area contributed by atoms with Gasteiger partial charge in [0.25, 0.3) is 5.91 Å². The van der Waals surface area contributed by atoms with Crippen molar-refractivity contribution in [1.29, 1.82) is 0 Å². The molecule has 0 spiro atoms. The Kier molecular flexibility index (Phi) is 6.64. The Balaban J connectivity index is 1.38. The number of carbonyl (C=O) groups is 2. The molecule has 3 heterocycles. The van der Waals surface area contributed by atoms with Gasteiger partial charge < -0.3 is 20.9 Å². The van der Waals surface area contributed by atoms with Crippen LogP contribution in [-0.2, 0) is 4.79 Å². The first-order chi connectivity index (χ1) is 15.9.